The highest BCUT2D eigenvalue weighted by atomic mass is 35.7. The molecule has 1 rings (SSSR count). The molecule has 0 spiro atoms. The lowest BCUT2D eigenvalue weighted by molar-refractivity contribution is 0.437. The molecule has 0 bridgehead atoms. The van der Waals surface area contributed by atoms with E-state index >= 15 is 0 Å². The Hall–Kier alpha value is -1.55. The molecule has 0 aliphatic carbocycles. The Morgan fingerprint density at radius 2 is 2.00 bits per heavy atom. The summed E-state index contributed by atoms with van der Waals surface area (Å²) in [7, 11) is -4.38. The molecular formula is C8H7ClFN3O5S2. The van der Waals surface area contributed by atoms with Gasteiger partial charge in [-0.05, 0) is 30.2 Å². The van der Waals surface area contributed by atoms with E-state index in [0.29, 0.717) is 0 Å². The lowest BCUT2D eigenvalue weighted by Crippen LogP contribution is -2.06. The lowest BCUT2D eigenvalue weighted by Gasteiger charge is -2.10. The van der Waals surface area contributed by atoms with E-state index < -0.39 is 30.2 Å². The number of azide groups is 1. The van der Waals surface area contributed by atoms with Gasteiger partial charge in [0.1, 0.15) is 5.75 Å². The molecule has 0 saturated carbocycles. The van der Waals surface area contributed by atoms with E-state index in [-0.39, 0.29) is 17.7 Å². The Morgan fingerprint density at radius 1 is 1.40 bits per heavy atom. The zero-order chi connectivity index (χ0) is 15.6. The topological polar surface area (TPSA) is 126 Å². The minimum Gasteiger partial charge on any atom is -0.358 e. The van der Waals surface area contributed by atoms with Crippen LogP contribution in [0.15, 0.2) is 22.1 Å². The number of hydrogen-bond donors (Lipinski definition) is 0. The Kier molecular flexibility index (Phi) is 4.81. The molecule has 0 heterocycles. The second-order valence-corrected chi connectivity index (χ2v) is 7.01. The van der Waals surface area contributed by atoms with E-state index in [9.17, 15) is 20.7 Å². The Bertz CT molecular complexity index is 787. The SMILES string of the molecule is Cc1c(OS(=O)(=O)F)cc(CN=[N+]=[N-])cc1S(=O)(=O)Cl. The summed E-state index contributed by atoms with van der Waals surface area (Å²) in [6.45, 7) is 0.895. The highest BCUT2D eigenvalue weighted by Crippen LogP contribution is 2.31. The Labute approximate surface area is 118 Å². The fourth-order valence-corrected chi connectivity index (χ4v) is 2.99. The third kappa shape index (κ3) is 4.53. The van der Waals surface area contributed by atoms with Crippen LogP contribution in [0.25, 0.3) is 10.4 Å². The van der Waals surface area contributed by atoms with Crippen molar-refractivity contribution in [2.75, 3.05) is 0 Å². The first-order valence-electron chi connectivity index (χ1n) is 4.77. The first-order chi connectivity index (χ1) is 9.04. The summed E-state index contributed by atoms with van der Waals surface area (Å²) in [5, 5.41) is 3.18. The predicted molar refractivity (Wildman–Crippen MR) is 67.7 cm³/mol. The van der Waals surface area contributed by atoms with Gasteiger partial charge in [0.05, 0.1) is 11.4 Å². The molecule has 0 saturated heterocycles. The van der Waals surface area contributed by atoms with Gasteiger partial charge in [-0.25, -0.2) is 8.42 Å². The molecule has 1 aromatic carbocycles. The van der Waals surface area contributed by atoms with Crippen molar-refractivity contribution < 1.29 is 24.9 Å². The first-order valence-corrected chi connectivity index (χ1v) is 8.39. The Balaban J connectivity index is 3.54. The van der Waals surface area contributed by atoms with Crippen LogP contribution in [0.5, 0.6) is 5.75 Å². The molecule has 0 unspecified atom stereocenters. The molecule has 0 radical (unpaired) electrons. The number of halogens is 2. The van der Waals surface area contributed by atoms with Crippen LogP contribution in [0.4, 0.5) is 3.89 Å². The second kappa shape index (κ2) is 5.83. The van der Waals surface area contributed by atoms with Gasteiger partial charge in [-0.2, -0.15) is 8.42 Å². The first kappa shape index (κ1) is 16.5. The summed E-state index contributed by atoms with van der Waals surface area (Å²) in [5.41, 5.74) is 8.09. The van der Waals surface area contributed by atoms with Gasteiger partial charge in [-0.3, -0.25) is 0 Å². The maximum absolute atomic E-state index is 12.6. The van der Waals surface area contributed by atoms with Gasteiger partial charge in [0, 0.05) is 21.2 Å². The van der Waals surface area contributed by atoms with Crippen molar-refractivity contribution in [3.05, 3.63) is 33.7 Å². The molecule has 20 heavy (non-hydrogen) atoms. The number of hydrogen-bond acceptors (Lipinski definition) is 6. The number of rotatable bonds is 5. The van der Waals surface area contributed by atoms with E-state index in [1.165, 1.54) is 6.92 Å². The van der Waals surface area contributed by atoms with Crippen LogP contribution in [0.3, 0.4) is 0 Å². The summed E-state index contributed by atoms with van der Waals surface area (Å²) in [4.78, 5) is 1.99. The third-order valence-electron chi connectivity index (χ3n) is 2.14. The van der Waals surface area contributed by atoms with Gasteiger partial charge >= 0.3 is 10.5 Å². The monoisotopic (exact) mass is 343 g/mol. The van der Waals surface area contributed by atoms with Crippen LogP contribution >= 0.6 is 10.7 Å². The van der Waals surface area contributed by atoms with E-state index in [1.807, 2.05) is 0 Å². The van der Waals surface area contributed by atoms with E-state index in [2.05, 4.69) is 14.2 Å². The van der Waals surface area contributed by atoms with E-state index in [1.54, 1.807) is 0 Å². The second-order valence-electron chi connectivity index (χ2n) is 3.52. The summed E-state index contributed by atoms with van der Waals surface area (Å²) in [5.74, 6) is -0.558. The molecule has 110 valence electrons. The highest BCUT2D eigenvalue weighted by Gasteiger charge is 2.21. The van der Waals surface area contributed by atoms with Crippen molar-refractivity contribution >= 4 is 30.2 Å². The van der Waals surface area contributed by atoms with Crippen LogP contribution in [-0.4, -0.2) is 16.8 Å². The van der Waals surface area contributed by atoms with Crippen molar-refractivity contribution in [2.45, 2.75) is 18.4 Å². The van der Waals surface area contributed by atoms with Gasteiger partial charge in [-0.1, -0.05) is 9.00 Å². The fraction of sp³-hybridized carbons (Fsp3) is 0.250. The normalized spacial score (nSPS) is 11.8. The smallest absolute Gasteiger partial charge is 0.358 e. The van der Waals surface area contributed by atoms with E-state index in [0.717, 1.165) is 12.1 Å². The van der Waals surface area contributed by atoms with E-state index in [4.69, 9.17) is 16.2 Å². The quantitative estimate of drug-likeness (QED) is 0.351. The van der Waals surface area contributed by atoms with Crippen molar-refractivity contribution in [1.82, 2.24) is 0 Å². The predicted octanol–water partition coefficient (Wildman–Crippen LogP) is 2.33. The van der Waals surface area contributed by atoms with Crippen LogP contribution in [0, 0.1) is 6.92 Å². The van der Waals surface area contributed by atoms with Crippen molar-refractivity contribution in [3.63, 3.8) is 0 Å². The molecule has 1 aromatic rings. The lowest BCUT2D eigenvalue weighted by atomic mass is 10.1. The van der Waals surface area contributed by atoms with Gasteiger partial charge in [0.15, 0.2) is 0 Å². The zero-order valence-corrected chi connectivity index (χ0v) is 12.2. The highest BCUT2D eigenvalue weighted by molar-refractivity contribution is 8.13. The average molecular weight is 344 g/mol. The largest absolute Gasteiger partial charge is 0.488 e. The van der Waals surface area contributed by atoms with Crippen molar-refractivity contribution in [2.24, 2.45) is 5.11 Å². The summed E-state index contributed by atoms with van der Waals surface area (Å²) >= 11 is 0. The van der Waals surface area contributed by atoms with Gasteiger partial charge in [0.25, 0.3) is 9.05 Å². The van der Waals surface area contributed by atoms with Crippen molar-refractivity contribution in [1.29, 1.82) is 0 Å². The van der Waals surface area contributed by atoms with Crippen molar-refractivity contribution in [3.8, 4) is 5.75 Å². The van der Waals surface area contributed by atoms with Gasteiger partial charge in [-0.15, -0.1) is 0 Å². The van der Waals surface area contributed by atoms with Crippen LogP contribution in [0.2, 0.25) is 0 Å². The maximum atomic E-state index is 12.6. The summed E-state index contributed by atoms with van der Waals surface area (Å²) in [6.07, 6.45) is 0. The maximum Gasteiger partial charge on any atom is 0.488 e. The number of benzene rings is 1. The Morgan fingerprint density at radius 3 is 2.45 bits per heavy atom. The van der Waals surface area contributed by atoms with Crippen LogP contribution < -0.4 is 4.18 Å². The standard InChI is InChI=1S/C8H7ClFN3O5S2/c1-5-7(18-20(10,16)17)2-6(4-12-13-11)3-8(5)19(9,14)15/h2-3H,4H2,1H3. The fourth-order valence-electron chi connectivity index (χ4n) is 1.37. The zero-order valence-electron chi connectivity index (χ0n) is 9.82. The van der Waals surface area contributed by atoms with Crippen LogP contribution in [0.1, 0.15) is 11.1 Å². The molecule has 0 aromatic heterocycles. The minimum atomic E-state index is -5.34. The van der Waals surface area contributed by atoms with Crippen LogP contribution in [-0.2, 0) is 26.1 Å². The minimum absolute atomic E-state index is 0.0891. The third-order valence-corrected chi connectivity index (χ3v) is 3.97. The van der Waals surface area contributed by atoms with Gasteiger partial charge < -0.3 is 4.18 Å². The molecule has 8 nitrogen and oxygen atoms in total. The molecule has 0 aliphatic rings. The molecule has 0 aliphatic heterocycles. The molecular weight excluding hydrogens is 337 g/mol. The van der Waals surface area contributed by atoms with Gasteiger partial charge in [0.2, 0.25) is 0 Å². The molecule has 0 atom stereocenters. The molecule has 0 N–H and O–H groups in total. The molecule has 12 heteroatoms. The molecule has 0 amide bonds. The number of nitrogens with zero attached hydrogens (tertiary/aromatic N) is 3. The summed E-state index contributed by atoms with van der Waals surface area (Å²) < 4.78 is 60.3. The average Bonchev–Trinajstić information content (AvgIpc) is 2.26. The molecule has 0 fully saturated rings. The summed E-state index contributed by atoms with van der Waals surface area (Å²) in [6, 6.07) is 2.11.